The minimum atomic E-state index is -4.54. The van der Waals surface area contributed by atoms with Gasteiger partial charge in [0.15, 0.2) is 0 Å². The third-order valence-electron chi connectivity index (χ3n) is 4.57. The molecule has 2 aromatic rings. The van der Waals surface area contributed by atoms with E-state index in [1.807, 2.05) is 4.90 Å². The van der Waals surface area contributed by atoms with Crippen molar-refractivity contribution in [2.45, 2.75) is 12.3 Å². The van der Waals surface area contributed by atoms with Crippen LogP contribution in [-0.2, 0) is 11.0 Å². The number of alkyl halides is 3. The first-order valence-corrected chi connectivity index (χ1v) is 8.63. The standard InChI is InChI=1S/C19H19F3N4O2/c1-2-16(27)25-8-10-26(11-9-25)18-14(4-3-7-23-18)17(28)13-5-6-15(24-12-13)19(20,21)22/h2-7,12,17,28H,1,8-11H2. The van der Waals surface area contributed by atoms with Gasteiger partial charge in [0.1, 0.15) is 17.6 Å². The Morgan fingerprint density at radius 1 is 1.18 bits per heavy atom. The summed E-state index contributed by atoms with van der Waals surface area (Å²) < 4.78 is 38.1. The van der Waals surface area contributed by atoms with Crippen LogP contribution in [0.15, 0.2) is 49.3 Å². The van der Waals surface area contributed by atoms with Crippen molar-refractivity contribution < 1.29 is 23.1 Å². The van der Waals surface area contributed by atoms with E-state index in [-0.39, 0.29) is 11.5 Å². The van der Waals surface area contributed by atoms with Gasteiger partial charge in [-0.1, -0.05) is 18.7 Å². The summed E-state index contributed by atoms with van der Waals surface area (Å²) in [4.78, 5) is 23.1. The van der Waals surface area contributed by atoms with Crippen molar-refractivity contribution in [2.24, 2.45) is 0 Å². The van der Waals surface area contributed by atoms with Gasteiger partial charge in [-0.15, -0.1) is 0 Å². The Balaban J connectivity index is 1.80. The summed E-state index contributed by atoms with van der Waals surface area (Å²) in [5.41, 5.74) is -0.312. The number of aliphatic hydroxyl groups excluding tert-OH is 1. The highest BCUT2D eigenvalue weighted by Gasteiger charge is 2.32. The average molecular weight is 392 g/mol. The molecule has 148 valence electrons. The van der Waals surface area contributed by atoms with Crippen molar-refractivity contribution in [2.75, 3.05) is 31.1 Å². The van der Waals surface area contributed by atoms with Crippen molar-refractivity contribution in [1.82, 2.24) is 14.9 Å². The molecule has 1 atom stereocenters. The van der Waals surface area contributed by atoms with E-state index in [0.717, 1.165) is 12.3 Å². The van der Waals surface area contributed by atoms with Crippen LogP contribution in [0.5, 0.6) is 0 Å². The van der Waals surface area contributed by atoms with Crippen LogP contribution >= 0.6 is 0 Å². The largest absolute Gasteiger partial charge is 0.433 e. The minimum absolute atomic E-state index is 0.142. The Bertz CT molecular complexity index is 847. The lowest BCUT2D eigenvalue weighted by Gasteiger charge is -2.36. The number of carbonyl (C=O) groups is 1. The van der Waals surface area contributed by atoms with Crippen LogP contribution in [0.1, 0.15) is 22.9 Å². The van der Waals surface area contributed by atoms with Crippen molar-refractivity contribution >= 4 is 11.7 Å². The number of hydrogen-bond donors (Lipinski definition) is 1. The maximum absolute atomic E-state index is 12.7. The number of anilines is 1. The normalized spacial score (nSPS) is 16.0. The molecule has 0 saturated carbocycles. The zero-order valence-corrected chi connectivity index (χ0v) is 14.9. The second-order valence-electron chi connectivity index (χ2n) is 6.31. The molecule has 1 unspecified atom stereocenters. The number of piperazine rings is 1. The first kappa shape index (κ1) is 19.8. The zero-order valence-electron chi connectivity index (χ0n) is 14.9. The van der Waals surface area contributed by atoms with Crippen molar-refractivity contribution in [3.8, 4) is 0 Å². The molecule has 2 aromatic heterocycles. The highest BCUT2D eigenvalue weighted by Crippen LogP contribution is 2.32. The monoisotopic (exact) mass is 392 g/mol. The van der Waals surface area contributed by atoms with Gasteiger partial charge in [0.25, 0.3) is 0 Å². The molecule has 3 rings (SSSR count). The van der Waals surface area contributed by atoms with Crippen LogP contribution in [0.25, 0.3) is 0 Å². The molecular weight excluding hydrogens is 373 g/mol. The molecule has 1 fully saturated rings. The summed E-state index contributed by atoms with van der Waals surface area (Å²) in [5.74, 6) is 0.386. The molecule has 9 heteroatoms. The Labute approximate surface area is 159 Å². The van der Waals surface area contributed by atoms with Gasteiger partial charge in [-0.3, -0.25) is 9.78 Å². The third-order valence-corrected chi connectivity index (χ3v) is 4.57. The Morgan fingerprint density at radius 3 is 2.46 bits per heavy atom. The second kappa shape index (κ2) is 7.97. The maximum atomic E-state index is 12.7. The molecule has 0 bridgehead atoms. The third kappa shape index (κ3) is 4.14. The molecule has 0 aliphatic carbocycles. The number of pyridine rings is 2. The van der Waals surface area contributed by atoms with E-state index < -0.39 is 18.0 Å². The highest BCUT2D eigenvalue weighted by molar-refractivity contribution is 5.87. The SMILES string of the molecule is C=CC(=O)N1CCN(c2ncccc2C(O)c2ccc(C(F)(F)F)nc2)CC1. The smallest absolute Gasteiger partial charge is 0.383 e. The predicted molar refractivity (Wildman–Crippen MR) is 96.5 cm³/mol. The van der Waals surface area contributed by atoms with Crippen LogP contribution in [0.4, 0.5) is 19.0 Å². The number of halogens is 3. The first-order chi connectivity index (χ1) is 13.3. The summed E-state index contributed by atoms with van der Waals surface area (Å²) in [5, 5.41) is 10.7. The van der Waals surface area contributed by atoms with E-state index in [9.17, 15) is 23.1 Å². The number of carbonyl (C=O) groups excluding carboxylic acids is 1. The number of amides is 1. The number of aliphatic hydroxyl groups is 1. The fraction of sp³-hybridized carbons (Fsp3) is 0.316. The van der Waals surface area contributed by atoms with Crippen LogP contribution in [0.3, 0.4) is 0 Å². The average Bonchev–Trinajstić information content (AvgIpc) is 2.72. The fourth-order valence-electron chi connectivity index (χ4n) is 3.07. The molecule has 28 heavy (non-hydrogen) atoms. The Hall–Kier alpha value is -2.94. The Kier molecular flexibility index (Phi) is 5.64. The van der Waals surface area contributed by atoms with Gasteiger partial charge in [-0.2, -0.15) is 13.2 Å². The van der Waals surface area contributed by atoms with E-state index in [4.69, 9.17) is 0 Å². The quantitative estimate of drug-likeness (QED) is 0.810. The number of rotatable bonds is 4. The summed E-state index contributed by atoms with van der Waals surface area (Å²) in [6, 6.07) is 5.37. The van der Waals surface area contributed by atoms with Crippen LogP contribution in [0, 0.1) is 0 Å². The molecular formula is C19H19F3N4O2. The second-order valence-corrected chi connectivity index (χ2v) is 6.31. The summed E-state index contributed by atoms with van der Waals surface area (Å²) in [6.07, 6.45) is -1.84. The Morgan fingerprint density at radius 2 is 1.89 bits per heavy atom. The van der Waals surface area contributed by atoms with E-state index in [0.29, 0.717) is 37.6 Å². The number of aromatic nitrogens is 2. The van der Waals surface area contributed by atoms with E-state index in [1.165, 1.54) is 12.1 Å². The lowest BCUT2D eigenvalue weighted by atomic mass is 10.0. The number of nitrogens with zero attached hydrogens (tertiary/aromatic N) is 4. The van der Waals surface area contributed by atoms with Crippen molar-refractivity contribution in [1.29, 1.82) is 0 Å². The molecule has 6 nitrogen and oxygen atoms in total. The van der Waals surface area contributed by atoms with Crippen LogP contribution in [0.2, 0.25) is 0 Å². The maximum Gasteiger partial charge on any atom is 0.433 e. The fourth-order valence-corrected chi connectivity index (χ4v) is 3.07. The highest BCUT2D eigenvalue weighted by atomic mass is 19.4. The molecule has 0 radical (unpaired) electrons. The molecule has 1 N–H and O–H groups in total. The van der Waals surface area contributed by atoms with Crippen LogP contribution < -0.4 is 4.90 Å². The van der Waals surface area contributed by atoms with Gasteiger partial charge < -0.3 is 14.9 Å². The predicted octanol–water partition coefficient (Wildman–Crippen LogP) is 2.41. The van der Waals surface area contributed by atoms with E-state index in [1.54, 1.807) is 23.2 Å². The van der Waals surface area contributed by atoms with Crippen LogP contribution in [-0.4, -0.2) is 52.1 Å². The van der Waals surface area contributed by atoms with Gasteiger partial charge in [-0.05, 0) is 18.2 Å². The van der Waals surface area contributed by atoms with Gasteiger partial charge in [0.05, 0.1) is 0 Å². The molecule has 1 aliphatic heterocycles. The van der Waals surface area contributed by atoms with Gasteiger partial charge in [0.2, 0.25) is 5.91 Å². The summed E-state index contributed by atoms with van der Waals surface area (Å²) in [6.45, 7) is 5.48. The van der Waals surface area contributed by atoms with Crippen molar-refractivity contribution in [3.05, 3.63) is 66.1 Å². The summed E-state index contributed by atoms with van der Waals surface area (Å²) >= 11 is 0. The minimum Gasteiger partial charge on any atom is -0.383 e. The van der Waals surface area contributed by atoms with Gasteiger partial charge >= 0.3 is 6.18 Å². The van der Waals surface area contributed by atoms with E-state index in [2.05, 4.69) is 16.5 Å². The van der Waals surface area contributed by atoms with Crippen molar-refractivity contribution in [3.63, 3.8) is 0 Å². The lowest BCUT2D eigenvalue weighted by Crippen LogP contribution is -2.48. The molecule has 0 spiro atoms. The first-order valence-electron chi connectivity index (χ1n) is 8.63. The molecule has 3 heterocycles. The van der Waals surface area contributed by atoms with E-state index >= 15 is 0 Å². The topological polar surface area (TPSA) is 69.6 Å². The number of hydrogen-bond acceptors (Lipinski definition) is 5. The molecule has 1 aliphatic rings. The molecule has 0 aromatic carbocycles. The summed E-state index contributed by atoms with van der Waals surface area (Å²) in [7, 11) is 0. The molecule has 1 saturated heterocycles. The molecule has 1 amide bonds. The van der Waals surface area contributed by atoms with Gasteiger partial charge in [0, 0.05) is 49.7 Å². The zero-order chi connectivity index (χ0) is 20.3. The van der Waals surface area contributed by atoms with Gasteiger partial charge in [-0.25, -0.2) is 4.98 Å². The lowest BCUT2D eigenvalue weighted by molar-refractivity contribution is -0.141.